The number of nitrogens with zero attached hydrogens (tertiary/aromatic N) is 1. The first-order chi connectivity index (χ1) is 10.6. The Labute approximate surface area is 138 Å². The molecule has 0 aromatic rings. The summed E-state index contributed by atoms with van der Waals surface area (Å²) < 4.78 is 0. The minimum Gasteiger partial charge on any atom is -0.480 e. The topological polar surface area (TPSA) is 86.7 Å². The van der Waals surface area contributed by atoms with E-state index in [1.54, 1.807) is 25.7 Å². The van der Waals surface area contributed by atoms with Crippen molar-refractivity contribution in [3.05, 3.63) is 0 Å². The van der Waals surface area contributed by atoms with Gasteiger partial charge in [0, 0.05) is 19.0 Å². The number of nitrogens with one attached hydrogen (secondary N) is 1. The highest BCUT2D eigenvalue weighted by Gasteiger charge is 2.36. The third kappa shape index (κ3) is 5.22. The predicted molar refractivity (Wildman–Crippen MR) is 87.8 cm³/mol. The van der Waals surface area contributed by atoms with Crippen molar-refractivity contribution in [2.24, 2.45) is 17.3 Å². The fraction of sp³-hybridized carbons (Fsp3) is 0.824. The van der Waals surface area contributed by atoms with Crippen molar-refractivity contribution in [1.29, 1.82) is 0 Å². The molecule has 0 unspecified atom stereocenters. The summed E-state index contributed by atoms with van der Waals surface area (Å²) in [6.45, 7) is 10.3. The van der Waals surface area contributed by atoms with Gasteiger partial charge in [0.25, 0.3) is 0 Å². The average molecular weight is 326 g/mol. The number of carboxylic acids is 1. The van der Waals surface area contributed by atoms with E-state index in [0.717, 1.165) is 12.8 Å². The van der Waals surface area contributed by atoms with E-state index in [1.165, 1.54) is 0 Å². The van der Waals surface area contributed by atoms with E-state index in [1.807, 2.05) is 13.8 Å². The second-order valence-corrected chi connectivity index (χ2v) is 7.58. The van der Waals surface area contributed by atoms with Gasteiger partial charge in [0.15, 0.2) is 0 Å². The summed E-state index contributed by atoms with van der Waals surface area (Å²) in [7, 11) is 0. The zero-order valence-electron chi connectivity index (χ0n) is 14.9. The van der Waals surface area contributed by atoms with Crippen molar-refractivity contribution < 1.29 is 19.5 Å². The lowest BCUT2D eigenvalue weighted by Gasteiger charge is -2.35. The number of amides is 2. The van der Waals surface area contributed by atoms with Crippen LogP contribution in [-0.4, -0.2) is 46.9 Å². The highest BCUT2D eigenvalue weighted by molar-refractivity contribution is 5.86. The van der Waals surface area contributed by atoms with Gasteiger partial charge in [0.05, 0.1) is 5.92 Å². The van der Waals surface area contributed by atoms with Crippen molar-refractivity contribution in [3.63, 3.8) is 0 Å². The molecule has 2 amide bonds. The summed E-state index contributed by atoms with van der Waals surface area (Å²) in [4.78, 5) is 37.9. The second-order valence-electron chi connectivity index (χ2n) is 7.58. The van der Waals surface area contributed by atoms with Crippen molar-refractivity contribution in [3.8, 4) is 0 Å². The number of rotatable bonds is 5. The molecule has 0 radical (unpaired) electrons. The number of hydrogen-bond acceptors (Lipinski definition) is 3. The van der Waals surface area contributed by atoms with E-state index in [0.29, 0.717) is 19.5 Å². The Morgan fingerprint density at radius 3 is 2.39 bits per heavy atom. The second kappa shape index (κ2) is 7.79. The summed E-state index contributed by atoms with van der Waals surface area (Å²) in [5.74, 6) is -1.60. The van der Waals surface area contributed by atoms with E-state index in [4.69, 9.17) is 0 Å². The van der Waals surface area contributed by atoms with Gasteiger partial charge in [0.2, 0.25) is 11.8 Å². The van der Waals surface area contributed by atoms with E-state index in [-0.39, 0.29) is 23.7 Å². The zero-order chi connectivity index (χ0) is 17.8. The first-order valence-electron chi connectivity index (χ1n) is 8.39. The summed E-state index contributed by atoms with van der Waals surface area (Å²) in [5.41, 5.74) is -0.567. The zero-order valence-corrected chi connectivity index (χ0v) is 14.9. The van der Waals surface area contributed by atoms with Crippen LogP contribution in [0.5, 0.6) is 0 Å². The van der Waals surface area contributed by atoms with Crippen LogP contribution in [0.1, 0.15) is 53.9 Å². The fourth-order valence-corrected chi connectivity index (χ4v) is 2.79. The van der Waals surface area contributed by atoms with Crippen LogP contribution in [0.15, 0.2) is 0 Å². The molecule has 0 aromatic heterocycles. The molecule has 1 fully saturated rings. The minimum atomic E-state index is -1.03. The predicted octanol–water partition coefficient (Wildman–Crippen LogP) is 1.89. The highest BCUT2D eigenvalue weighted by Crippen LogP contribution is 2.23. The van der Waals surface area contributed by atoms with Crippen molar-refractivity contribution in [2.45, 2.75) is 59.9 Å². The molecule has 132 valence electrons. The maximum absolute atomic E-state index is 12.5. The number of aliphatic carboxylic acids is 1. The Balaban J connectivity index is 2.73. The molecule has 23 heavy (non-hydrogen) atoms. The normalized spacial score (nSPS) is 21.4. The SMILES string of the molecule is CC[C@@H](C)C(=O)N1CCC[C@@H](C(=O)N[C@H](C(=O)O)C(C)(C)C)C1. The van der Waals surface area contributed by atoms with Crippen LogP contribution in [0.4, 0.5) is 0 Å². The standard InChI is InChI=1S/C17H30N2O4/c1-6-11(2)15(21)19-9-7-8-12(10-19)14(20)18-13(16(22)23)17(3,4)5/h11-13H,6-10H2,1-5H3,(H,18,20)(H,22,23)/t11-,12-,13-/m1/s1. The molecular formula is C17H30N2O4. The smallest absolute Gasteiger partial charge is 0.326 e. The maximum atomic E-state index is 12.5. The lowest BCUT2D eigenvalue weighted by molar-refractivity contribution is -0.147. The Morgan fingerprint density at radius 2 is 1.91 bits per heavy atom. The number of hydrogen-bond donors (Lipinski definition) is 2. The molecular weight excluding hydrogens is 296 g/mol. The van der Waals surface area contributed by atoms with E-state index in [2.05, 4.69) is 5.32 Å². The molecule has 0 aliphatic carbocycles. The Bertz CT molecular complexity index is 456. The number of carbonyl (C=O) groups excluding carboxylic acids is 2. The van der Waals surface area contributed by atoms with Crippen LogP contribution in [0.2, 0.25) is 0 Å². The Morgan fingerprint density at radius 1 is 1.30 bits per heavy atom. The number of likely N-dealkylation sites (tertiary alicyclic amines) is 1. The number of piperidine rings is 1. The first kappa shape index (κ1) is 19.5. The van der Waals surface area contributed by atoms with Crippen LogP contribution in [0, 0.1) is 17.3 Å². The molecule has 2 N–H and O–H groups in total. The van der Waals surface area contributed by atoms with Gasteiger partial charge in [-0.15, -0.1) is 0 Å². The van der Waals surface area contributed by atoms with Crippen LogP contribution in [0.3, 0.4) is 0 Å². The quantitative estimate of drug-likeness (QED) is 0.807. The van der Waals surface area contributed by atoms with Crippen LogP contribution < -0.4 is 5.32 Å². The minimum absolute atomic E-state index is 0.0434. The highest BCUT2D eigenvalue weighted by atomic mass is 16.4. The fourth-order valence-electron chi connectivity index (χ4n) is 2.79. The lowest BCUT2D eigenvalue weighted by atomic mass is 9.86. The first-order valence-corrected chi connectivity index (χ1v) is 8.39. The molecule has 3 atom stereocenters. The molecule has 0 spiro atoms. The average Bonchev–Trinajstić information content (AvgIpc) is 2.49. The molecule has 0 bridgehead atoms. The molecule has 1 saturated heterocycles. The summed E-state index contributed by atoms with van der Waals surface area (Å²) in [6.07, 6.45) is 2.23. The van der Waals surface area contributed by atoms with Crippen LogP contribution in [-0.2, 0) is 14.4 Å². The monoisotopic (exact) mass is 326 g/mol. The number of carbonyl (C=O) groups is 3. The van der Waals surface area contributed by atoms with Gasteiger partial charge in [0.1, 0.15) is 6.04 Å². The van der Waals surface area contributed by atoms with E-state index >= 15 is 0 Å². The largest absolute Gasteiger partial charge is 0.480 e. The third-order valence-corrected chi connectivity index (χ3v) is 4.54. The van der Waals surface area contributed by atoms with Gasteiger partial charge < -0.3 is 15.3 Å². The summed E-state index contributed by atoms with van der Waals surface area (Å²) >= 11 is 0. The molecule has 6 nitrogen and oxygen atoms in total. The molecule has 1 aliphatic heterocycles. The van der Waals surface area contributed by atoms with Gasteiger partial charge in [-0.1, -0.05) is 34.6 Å². The van der Waals surface area contributed by atoms with Gasteiger partial charge in [-0.25, -0.2) is 4.79 Å². The van der Waals surface area contributed by atoms with Gasteiger partial charge >= 0.3 is 5.97 Å². The summed E-state index contributed by atoms with van der Waals surface area (Å²) in [5, 5.41) is 12.0. The molecule has 0 aromatic carbocycles. The van der Waals surface area contributed by atoms with E-state index < -0.39 is 17.4 Å². The van der Waals surface area contributed by atoms with Crippen LogP contribution in [0.25, 0.3) is 0 Å². The molecule has 1 heterocycles. The van der Waals surface area contributed by atoms with Crippen molar-refractivity contribution in [2.75, 3.05) is 13.1 Å². The summed E-state index contributed by atoms with van der Waals surface area (Å²) in [6, 6.07) is -0.935. The van der Waals surface area contributed by atoms with Gasteiger partial charge in [-0.2, -0.15) is 0 Å². The Hall–Kier alpha value is -1.59. The van der Waals surface area contributed by atoms with E-state index in [9.17, 15) is 19.5 Å². The molecule has 0 saturated carbocycles. The molecule has 1 aliphatic rings. The maximum Gasteiger partial charge on any atom is 0.326 e. The lowest BCUT2D eigenvalue weighted by Crippen LogP contribution is -2.53. The number of carboxylic acid groups (broad SMARTS) is 1. The molecule has 6 heteroatoms. The van der Waals surface area contributed by atoms with Gasteiger partial charge in [-0.05, 0) is 24.7 Å². The van der Waals surface area contributed by atoms with Crippen molar-refractivity contribution >= 4 is 17.8 Å². The molecule has 1 rings (SSSR count). The Kier molecular flexibility index (Phi) is 6.59. The van der Waals surface area contributed by atoms with Crippen LogP contribution >= 0.6 is 0 Å². The van der Waals surface area contributed by atoms with Gasteiger partial charge in [-0.3, -0.25) is 9.59 Å². The van der Waals surface area contributed by atoms with Crippen molar-refractivity contribution in [1.82, 2.24) is 10.2 Å². The third-order valence-electron chi connectivity index (χ3n) is 4.54.